The van der Waals surface area contributed by atoms with Crippen LogP contribution in [0.15, 0.2) is 36.4 Å². The maximum absolute atomic E-state index is 12.4. The van der Waals surface area contributed by atoms with Crippen molar-refractivity contribution in [2.75, 3.05) is 19.0 Å². The minimum atomic E-state index is -0.370. The Balaban J connectivity index is 1.62. The third-order valence-electron chi connectivity index (χ3n) is 4.12. The van der Waals surface area contributed by atoms with E-state index in [-0.39, 0.29) is 30.7 Å². The summed E-state index contributed by atoms with van der Waals surface area (Å²) in [6.07, 6.45) is -0.00585. The average molecular weight is 373 g/mol. The summed E-state index contributed by atoms with van der Waals surface area (Å²) in [4.78, 5) is 38.0. The number of benzene rings is 2. The summed E-state index contributed by atoms with van der Waals surface area (Å²) < 4.78 is 5.06. The SMILES string of the molecule is COc1ccc(NC(=O)CCN2C(=O)c3ccc(C)cc3C2=O)cc1Cl. The number of halogens is 1. The topological polar surface area (TPSA) is 75.7 Å². The van der Waals surface area contributed by atoms with Gasteiger partial charge in [-0.1, -0.05) is 23.2 Å². The van der Waals surface area contributed by atoms with Crippen molar-refractivity contribution in [3.63, 3.8) is 0 Å². The first-order valence-electron chi connectivity index (χ1n) is 8.01. The summed E-state index contributed by atoms with van der Waals surface area (Å²) in [7, 11) is 1.50. The number of carbonyl (C=O) groups is 3. The molecule has 1 aliphatic rings. The highest BCUT2D eigenvalue weighted by Crippen LogP contribution is 2.27. The van der Waals surface area contributed by atoms with Gasteiger partial charge in [-0.15, -0.1) is 0 Å². The quantitative estimate of drug-likeness (QED) is 0.817. The van der Waals surface area contributed by atoms with Crippen LogP contribution in [0.3, 0.4) is 0 Å². The van der Waals surface area contributed by atoms with Crippen LogP contribution in [0.2, 0.25) is 5.02 Å². The predicted octanol–water partition coefficient (Wildman–Crippen LogP) is 3.28. The van der Waals surface area contributed by atoms with Crippen molar-refractivity contribution >= 4 is 35.0 Å². The molecule has 3 amide bonds. The van der Waals surface area contributed by atoms with Crippen molar-refractivity contribution in [2.24, 2.45) is 0 Å². The maximum Gasteiger partial charge on any atom is 0.261 e. The van der Waals surface area contributed by atoms with E-state index in [9.17, 15) is 14.4 Å². The molecule has 26 heavy (non-hydrogen) atoms. The van der Waals surface area contributed by atoms with E-state index < -0.39 is 0 Å². The minimum Gasteiger partial charge on any atom is -0.495 e. The zero-order chi connectivity index (χ0) is 18.8. The van der Waals surface area contributed by atoms with Crippen molar-refractivity contribution in [1.82, 2.24) is 4.90 Å². The third kappa shape index (κ3) is 3.41. The van der Waals surface area contributed by atoms with Crippen molar-refractivity contribution in [2.45, 2.75) is 13.3 Å². The van der Waals surface area contributed by atoms with E-state index in [0.29, 0.717) is 27.6 Å². The number of carbonyl (C=O) groups excluding carboxylic acids is 3. The van der Waals surface area contributed by atoms with Crippen LogP contribution in [0.1, 0.15) is 32.7 Å². The van der Waals surface area contributed by atoms with Crippen molar-refractivity contribution in [1.29, 1.82) is 0 Å². The summed E-state index contributed by atoms with van der Waals surface area (Å²) in [5.74, 6) is -0.552. The molecule has 0 saturated heterocycles. The third-order valence-corrected chi connectivity index (χ3v) is 4.42. The van der Waals surface area contributed by atoms with Gasteiger partial charge < -0.3 is 10.1 Å². The van der Waals surface area contributed by atoms with Gasteiger partial charge in [0.15, 0.2) is 0 Å². The molecule has 0 saturated carbocycles. The first-order valence-corrected chi connectivity index (χ1v) is 8.38. The zero-order valence-electron chi connectivity index (χ0n) is 14.3. The lowest BCUT2D eigenvalue weighted by Gasteiger charge is -2.14. The molecule has 0 fully saturated rings. The van der Waals surface area contributed by atoms with Gasteiger partial charge in [0.25, 0.3) is 11.8 Å². The summed E-state index contributed by atoms with van der Waals surface area (Å²) in [6, 6.07) is 9.99. The zero-order valence-corrected chi connectivity index (χ0v) is 15.1. The molecule has 0 atom stereocenters. The molecule has 0 spiro atoms. The Kier molecular flexibility index (Phi) is 4.95. The molecule has 0 aromatic heterocycles. The van der Waals surface area contributed by atoms with Crippen LogP contribution in [0.5, 0.6) is 5.75 Å². The van der Waals surface area contributed by atoms with E-state index in [1.54, 1.807) is 36.4 Å². The number of methoxy groups -OCH3 is 1. The van der Waals surface area contributed by atoms with E-state index in [2.05, 4.69) is 5.32 Å². The summed E-state index contributed by atoms with van der Waals surface area (Å²) in [5.41, 5.74) is 2.18. The standard InChI is InChI=1S/C19H17ClN2O4/c1-11-3-5-13-14(9-11)19(25)22(18(13)24)8-7-17(23)21-12-4-6-16(26-2)15(20)10-12/h3-6,9-10H,7-8H2,1-2H3,(H,21,23). The molecule has 1 aliphatic heterocycles. The van der Waals surface area contributed by atoms with Crippen LogP contribution >= 0.6 is 11.6 Å². The average Bonchev–Trinajstić information content (AvgIpc) is 2.83. The largest absolute Gasteiger partial charge is 0.495 e. The number of ether oxygens (including phenoxy) is 1. The van der Waals surface area contributed by atoms with Gasteiger partial charge in [0, 0.05) is 18.7 Å². The second kappa shape index (κ2) is 7.17. The molecule has 2 aromatic rings. The van der Waals surface area contributed by atoms with Gasteiger partial charge in [0.2, 0.25) is 5.91 Å². The van der Waals surface area contributed by atoms with Crippen molar-refractivity contribution < 1.29 is 19.1 Å². The van der Waals surface area contributed by atoms with Crippen molar-refractivity contribution in [3.05, 3.63) is 58.1 Å². The molecule has 3 rings (SSSR count). The Bertz CT molecular complexity index is 910. The first-order chi connectivity index (χ1) is 12.4. The van der Waals surface area contributed by atoms with E-state index >= 15 is 0 Å². The van der Waals surface area contributed by atoms with Crippen LogP contribution in [0.25, 0.3) is 0 Å². The highest BCUT2D eigenvalue weighted by molar-refractivity contribution is 6.32. The molecular formula is C19H17ClN2O4. The Morgan fingerprint density at radius 3 is 2.54 bits per heavy atom. The number of fused-ring (bicyclic) bond motifs is 1. The molecule has 134 valence electrons. The number of hydrogen-bond acceptors (Lipinski definition) is 4. The number of anilines is 1. The number of rotatable bonds is 5. The van der Waals surface area contributed by atoms with Gasteiger partial charge in [0.05, 0.1) is 23.3 Å². The highest BCUT2D eigenvalue weighted by atomic mass is 35.5. The number of nitrogens with one attached hydrogen (secondary N) is 1. The van der Waals surface area contributed by atoms with E-state index in [1.165, 1.54) is 7.11 Å². The summed E-state index contributed by atoms with van der Waals surface area (Å²) >= 11 is 6.02. The molecule has 0 aliphatic carbocycles. The fourth-order valence-electron chi connectivity index (χ4n) is 2.79. The number of amides is 3. The Hall–Kier alpha value is -2.86. The van der Waals surface area contributed by atoms with Crippen LogP contribution in [-0.2, 0) is 4.79 Å². The van der Waals surface area contributed by atoms with Gasteiger partial charge in [-0.25, -0.2) is 0 Å². The van der Waals surface area contributed by atoms with E-state index in [0.717, 1.165) is 10.5 Å². The summed E-state index contributed by atoms with van der Waals surface area (Å²) in [6.45, 7) is 1.87. The van der Waals surface area contributed by atoms with Gasteiger partial charge in [-0.2, -0.15) is 0 Å². The molecule has 0 radical (unpaired) electrons. The van der Waals surface area contributed by atoms with E-state index in [1.807, 2.05) is 6.92 Å². The fraction of sp³-hybridized carbons (Fsp3) is 0.211. The normalized spacial score (nSPS) is 13.0. The first kappa shape index (κ1) is 17.9. The molecular weight excluding hydrogens is 356 g/mol. The van der Waals surface area contributed by atoms with Gasteiger partial charge >= 0.3 is 0 Å². The molecule has 7 heteroatoms. The number of hydrogen-bond donors (Lipinski definition) is 1. The highest BCUT2D eigenvalue weighted by Gasteiger charge is 2.35. The number of aryl methyl sites for hydroxylation is 1. The Morgan fingerprint density at radius 1 is 1.12 bits per heavy atom. The molecule has 6 nitrogen and oxygen atoms in total. The molecule has 1 heterocycles. The second-order valence-electron chi connectivity index (χ2n) is 5.96. The molecule has 1 N–H and O–H groups in total. The smallest absolute Gasteiger partial charge is 0.261 e. The lowest BCUT2D eigenvalue weighted by Crippen LogP contribution is -2.32. The predicted molar refractivity (Wildman–Crippen MR) is 97.8 cm³/mol. The van der Waals surface area contributed by atoms with Crippen LogP contribution in [-0.4, -0.2) is 36.3 Å². The van der Waals surface area contributed by atoms with Crippen molar-refractivity contribution in [3.8, 4) is 5.75 Å². The van der Waals surface area contributed by atoms with Gasteiger partial charge in [-0.05, 0) is 37.3 Å². The molecule has 0 unspecified atom stereocenters. The Morgan fingerprint density at radius 2 is 1.85 bits per heavy atom. The molecule has 2 aromatic carbocycles. The van der Waals surface area contributed by atoms with Gasteiger partial charge in [-0.3, -0.25) is 19.3 Å². The second-order valence-corrected chi connectivity index (χ2v) is 6.37. The minimum absolute atomic E-state index is 0.00585. The Labute approximate surface area is 155 Å². The van der Waals surface area contributed by atoms with Crippen LogP contribution in [0, 0.1) is 6.92 Å². The van der Waals surface area contributed by atoms with Crippen LogP contribution in [0.4, 0.5) is 5.69 Å². The monoisotopic (exact) mass is 372 g/mol. The number of imide groups is 1. The lowest BCUT2D eigenvalue weighted by atomic mass is 10.1. The van der Waals surface area contributed by atoms with E-state index in [4.69, 9.17) is 16.3 Å². The summed E-state index contributed by atoms with van der Waals surface area (Å²) in [5, 5.41) is 3.07. The maximum atomic E-state index is 12.4. The number of nitrogens with zero attached hydrogens (tertiary/aromatic N) is 1. The van der Waals surface area contributed by atoms with Crippen LogP contribution < -0.4 is 10.1 Å². The lowest BCUT2D eigenvalue weighted by molar-refractivity contribution is -0.116. The van der Waals surface area contributed by atoms with Gasteiger partial charge in [0.1, 0.15) is 5.75 Å². The molecule has 0 bridgehead atoms. The fourth-order valence-corrected chi connectivity index (χ4v) is 3.05.